The minimum Gasteiger partial charge on any atom is -0.340 e. The summed E-state index contributed by atoms with van der Waals surface area (Å²) < 4.78 is 14.6. The summed E-state index contributed by atoms with van der Waals surface area (Å²) in [6, 6.07) is 11.8. The number of hydrogen-bond donors (Lipinski definition) is 0. The molecule has 0 spiro atoms. The molecule has 3 amide bonds. The number of benzene rings is 2. The molecule has 0 unspecified atom stereocenters. The van der Waals surface area contributed by atoms with Gasteiger partial charge in [-0.2, -0.15) is 0 Å². The van der Waals surface area contributed by atoms with E-state index in [1.54, 1.807) is 35.2 Å². The Morgan fingerprint density at radius 1 is 0.968 bits per heavy atom. The van der Waals surface area contributed by atoms with Crippen molar-refractivity contribution in [3.05, 3.63) is 69.4 Å². The highest BCUT2D eigenvalue weighted by Crippen LogP contribution is 2.26. The van der Waals surface area contributed by atoms with Crippen LogP contribution in [0.25, 0.3) is 0 Å². The lowest BCUT2D eigenvalue weighted by atomic mass is 10.1. The molecule has 2 aliphatic rings. The van der Waals surface area contributed by atoms with Crippen LogP contribution in [0.1, 0.15) is 39.1 Å². The van der Waals surface area contributed by atoms with E-state index in [1.165, 1.54) is 11.0 Å². The van der Waals surface area contributed by atoms with Gasteiger partial charge in [0.25, 0.3) is 11.8 Å². The molecule has 2 aromatic carbocycles. The highest BCUT2D eigenvalue weighted by Gasteiger charge is 2.35. The number of rotatable bonds is 6. The van der Waals surface area contributed by atoms with Crippen molar-refractivity contribution in [2.24, 2.45) is 0 Å². The SMILES string of the molecule is O=C(CCCN1C(=O)c2ccc(Br)cc2C1=O)N1CCN(Cc2ccccc2F)CC1. The summed E-state index contributed by atoms with van der Waals surface area (Å²) in [6.07, 6.45) is 0.714. The fourth-order valence-electron chi connectivity index (χ4n) is 4.04. The molecule has 0 saturated carbocycles. The lowest BCUT2D eigenvalue weighted by Gasteiger charge is -2.35. The molecule has 2 heterocycles. The Morgan fingerprint density at radius 3 is 2.42 bits per heavy atom. The molecule has 162 valence electrons. The van der Waals surface area contributed by atoms with E-state index in [0.717, 1.165) is 4.47 Å². The number of fused-ring (bicyclic) bond motifs is 1. The Kier molecular flexibility index (Phi) is 6.48. The zero-order chi connectivity index (χ0) is 22.0. The molecule has 0 bridgehead atoms. The molecule has 2 aromatic rings. The maximum Gasteiger partial charge on any atom is 0.261 e. The van der Waals surface area contributed by atoms with E-state index < -0.39 is 0 Å². The third-order valence-corrected chi connectivity index (χ3v) is 6.28. The van der Waals surface area contributed by atoms with Gasteiger partial charge in [0, 0.05) is 55.7 Å². The smallest absolute Gasteiger partial charge is 0.261 e. The van der Waals surface area contributed by atoms with Gasteiger partial charge in [0.1, 0.15) is 5.82 Å². The molecule has 4 rings (SSSR count). The lowest BCUT2D eigenvalue weighted by Crippen LogP contribution is -2.48. The second-order valence-electron chi connectivity index (χ2n) is 7.80. The summed E-state index contributed by atoms with van der Waals surface area (Å²) in [6.45, 7) is 3.32. The minimum atomic E-state index is -0.310. The molecule has 0 radical (unpaired) electrons. The number of halogens is 2. The van der Waals surface area contributed by atoms with Crippen molar-refractivity contribution >= 4 is 33.7 Å². The van der Waals surface area contributed by atoms with Crippen LogP contribution in [0.4, 0.5) is 4.39 Å². The maximum atomic E-state index is 13.8. The van der Waals surface area contributed by atoms with Gasteiger partial charge in [-0.05, 0) is 30.7 Å². The highest BCUT2D eigenvalue weighted by molar-refractivity contribution is 9.10. The van der Waals surface area contributed by atoms with Gasteiger partial charge in [-0.3, -0.25) is 24.2 Å². The van der Waals surface area contributed by atoms with Crippen LogP contribution in [0.3, 0.4) is 0 Å². The molecule has 0 N–H and O–H groups in total. The maximum absolute atomic E-state index is 13.8. The molecule has 1 fully saturated rings. The zero-order valence-electron chi connectivity index (χ0n) is 17.0. The van der Waals surface area contributed by atoms with Gasteiger partial charge in [-0.25, -0.2) is 4.39 Å². The number of carbonyl (C=O) groups is 3. The van der Waals surface area contributed by atoms with Crippen LogP contribution in [0.5, 0.6) is 0 Å². The van der Waals surface area contributed by atoms with Crippen molar-refractivity contribution < 1.29 is 18.8 Å². The third-order valence-electron chi connectivity index (χ3n) is 5.78. The molecule has 0 aromatic heterocycles. The van der Waals surface area contributed by atoms with Crippen molar-refractivity contribution in [2.75, 3.05) is 32.7 Å². The van der Waals surface area contributed by atoms with Gasteiger partial charge >= 0.3 is 0 Å². The Morgan fingerprint density at radius 2 is 1.68 bits per heavy atom. The number of nitrogens with zero attached hydrogens (tertiary/aromatic N) is 3. The normalized spacial score (nSPS) is 16.7. The fraction of sp³-hybridized carbons (Fsp3) is 0.348. The summed E-state index contributed by atoms with van der Waals surface area (Å²) in [5, 5.41) is 0. The van der Waals surface area contributed by atoms with Crippen LogP contribution < -0.4 is 0 Å². The first-order valence-corrected chi connectivity index (χ1v) is 11.1. The predicted octanol–water partition coefficient (Wildman–Crippen LogP) is 3.31. The third kappa shape index (κ3) is 4.70. The van der Waals surface area contributed by atoms with Gasteiger partial charge in [-0.15, -0.1) is 0 Å². The van der Waals surface area contributed by atoms with Crippen LogP contribution in [0.2, 0.25) is 0 Å². The average molecular weight is 488 g/mol. The zero-order valence-corrected chi connectivity index (χ0v) is 18.6. The van der Waals surface area contributed by atoms with Gasteiger partial charge in [-0.1, -0.05) is 34.1 Å². The second-order valence-corrected chi connectivity index (χ2v) is 8.72. The van der Waals surface area contributed by atoms with Crippen LogP contribution in [-0.4, -0.2) is 65.1 Å². The molecular weight excluding hydrogens is 465 g/mol. The van der Waals surface area contributed by atoms with Crippen molar-refractivity contribution in [3.8, 4) is 0 Å². The predicted molar refractivity (Wildman–Crippen MR) is 117 cm³/mol. The second kappa shape index (κ2) is 9.28. The number of carbonyl (C=O) groups excluding carboxylic acids is 3. The summed E-state index contributed by atoms with van der Waals surface area (Å²) in [7, 11) is 0. The first-order valence-electron chi connectivity index (χ1n) is 10.3. The van der Waals surface area contributed by atoms with E-state index in [9.17, 15) is 18.8 Å². The molecule has 1 saturated heterocycles. The van der Waals surface area contributed by atoms with E-state index >= 15 is 0 Å². The summed E-state index contributed by atoms with van der Waals surface area (Å²) in [5.41, 5.74) is 1.47. The lowest BCUT2D eigenvalue weighted by molar-refractivity contribution is -0.133. The van der Waals surface area contributed by atoms with Gasteiger partial charge in [0.2, 0.25) is 5.91 Å². The largest absolute Gasteiger partial charge is 0.340 e. The first-order chi connectivity index (χ1) is 14.9. The number of amides is 3. The minimum absolute atomic E-state index is 0.0184. The fourth-order valence-corrected chi connectivity index (χ4v) is 4.40. The summed E-state index contributed by atoms with van der Waals surface area (Å²) >= 11 is 3.32. The molecule has 6 nitrogen and oxygen atoms in total. The van der Waals surface area contributed by atoms with Crippen molar-refractivity contribution in [3.63, 3.8) is 0 Å². The summed E-state index contributed by atoms with van der Waals surface area (Å²) in [4.78, 5) is 42.7. The number of hydrogen-bond acceptors (Lipinski definition) is 4. The molecule has 8 heteroatoms. The number of imide groups is 1. The van der Waals surface area contributed by atoms with E-state index in [4.69, 9.17) is 0 Å². The monoisotopic (exact) mass is 487 g/mol. The van der Waals surface area contributed by atoms with Crippen LogP contribution in [0, 0.1) is 5.82 Å². The van der Waals surface area contributed by atoms with Crippen molar-refractivity contribution in [2.45, 2.75) is 19.4 Å². The Balaban J connectivity index is 1.23. The number of piperazine rings is 1. The molecule has 31 heavy (non-hydrogen) atoms. The van der Waals surface area contributed by atoms with E-state index in [2.05, 4.69) is 20.8 Å². The van der Waals surface area contributed by atoms with Gasteiger partial charge < -0.3 is 4.90 Å². The van der Waals surface area contributed by atoms with Gasteiger partial charge in [0.15, 0.2) is 0 Å². The van der Waals surface area contributed by atoms with Gasteiger partial charge in [0.05, 0.1) is 11.1 Å². The molecule has 0 atom stereocenters. The summed E-state index contributed by atoms with van der Waals surface area (Å²) in [5.74, 6) is -0.802. The van der Waals surface area contributed by atoms with Crippen LogP contribution in [0.15, 0.2) is 46.9 Å². The van der Waals surface area contributed by atoms with E-state index in [1.807, 2.05) is 6.07 Å². The molecule has 0 aliphatic carbocycles. The Bertz CT molecular complexity index is 1020. The van der Waals surface area contributed by atoms with Crippen LogP contribution >= 0.6 is 15.9 Å². The average Bonchev–Trinajstić information content (AvgIpc) is 3.00. The molecule has 2 aliphatic heterocycles. The Hall–Kier alpha value is -2.58. The molecular formula is C23H23BrFN3O3. The Labute approximate surface area is 188 Å². The van der Waals surface area contributed by atoms with E-state index in [-0.39, 0.29) is 36.5 Å². The highest BCUT2D eigenvalue weighted by atomic mass is 79.9. The quantitative estimate of drug-likeness (QED) is 0.586. The van der Waals surface area contributed by atoms with E-state index in [0.29, 0.717) is 55.8 Å². The van der Waals surface area contributed by atoms with Crippen LogP contribution in [-0.2, 0) is 11.3 Å². The first kappa shape index (κ1) is 21.6. The topological polar surface area (TPSA) is 60.9 Å². The van der Waals surface area contributed by atoms with Crippen molar-refractivity contribution in [1.82, 2.24) is 14.7 Å². The standard InChI is InChI=1S/C23H23BrFN3O3/c24-17-7-8-18-19(14-17)23(31)28(22(18)30)9-3-6-21(29)27-12-10-26(11-13-27)15-16-4-1-2-5-20(16)25/h1-2,4-5,7-8,14H,3,6,9-13,15H2. The van der Waals surface area contributed by atoms with Crippen molar-refractivity contribution in [1.29, 1.82) is 0 Å².